The van der Waals surface area contributed by atoms with Crippen LogP contribution in [0.25, 0.3) is 11.0 Å². The highest BCUT2D eigenvalue weighted by atomic mass is 16.7. The van der Waals surface area contributed by atoms with E-state index in [1.165, 1.54) is 5.56 Å². The van der Waals surface area contributed by atoms with Crippen molar-refractivity contribution in [2.24, 2.45) is 0 Å². The first-order chi connectivity index (χ1) is 19.1. The van der Waals surface area contributed by atoms with Crippen LogP contribution in [0.4, 0.5) is 5.95 Å². The van der Waals surface area contributed by atoms with Crippen LogP contribution in [0.1, 0.15) is 34.7 Å². The zero-order valence-corrected chi connectivity index (χ0v) is 22.4. The Bertz CT molecular complexity index is 1390. The van der Waals surface area contributed by atoms with Crippen LogP contribution in [0, 0.1) is 0 Å². The highest BCUT2D eigenvalue weighted by Crippen LogP contribution is 2.36. The van der Waals surface area contributed by atoms with Crippen LogP contribution in [-0.2, 0) is 0 Å². The maximum atomic E-state index is 13.1. The molecular formula is C31H35N5O3. The fourth-order valence-electron chi connectivity index (χ4n) is 5.58. The number of hydrogen-bond donors (Lipinski definition) is 1. The molecule has 4 aromatic rings. The predicted molar refractivity (Wildman–Crippen MR) is 153 cm³/mol. The van der Waals surface area contributed by atoms with Gasteiger partial charge in [0.15, 0.2) is 11.5 Å². The van der Waals surface area contributed by atoms with E-state index in [0.29, 0.717) is 12.1 Å². The summed E-state index contributed by atoms with van der Waals surface area (Å²) in [5.74, 6) is 2.73. The third kappa shape index (κ3) is 5.71. The summed E-state index contributed by atoms with van der Waals surface area (Å²) in [5, 5.41) is 0. The lowest BCUT2D eigenvalue weighted by Crippen LogP contribution is -2.35. The quantitative estimate of drug-likeness (QED) is 0.358. The number of anilines is 1. The topological polar surface area (TPSA) is 73.9 Å². The van der Waals surface area contributed by atoms with Crippen molar-refractivity contribution in [3.8, 4) is 11.5 Å². The Hall–Kier alpha value is -4.04. The predicted octanol–water partition coefficient (Wildman–Crippen LogP) is 4.75. The normalized spacial score (nSPS) is 16.3. The van der Waals surface area contributed by atoms with Gasteiger partial charge in [0.2, 0.25) is 12.7 Å². The van der Waals surface area contributed by atoms with Gasteiger partial charge in [0.05, 0.1) is 11.0 Å². The van der Waals surface area contributed by atoms with E-state index < -0.39 is 0 Å². The summed E-state index contributed by atoms with van der Waals surface area (Å²) in [6.07, 6.45) is 2.02. The molecule has 8 heteroatoms. The number of amides is 1. The monoisotopic (exact) mass is 525 g/mol. The number of carbonyl (C=O) groups is 1. The van der Waals surface area contributed by atoms with Crippen LogP contribution in [0.5, 0.6) is 11.5 Å². The lowest BCUT2D eigenvalue weighted by Gasteiger charge is -2.28. The maximum Gasteiger partial charge on any atom is 0.253 e. The number of ether oxygens (including phenoxy) is 2. The van der Waals surface area contributed by atoms with Crippen LogP contribution >= 0.6 is 0 Å². The minimum Gasteiger partial charge on any atom is -0.454 e. The lowest BCUT2D eigenvalue weighted by molar-refractivity contribution is 0.0782. The van der Waals surface area contributed by atoms with Gasteiger partial charge in [-0.25, -0.2) is 4.98 Å². The Balaban J connectivity index is 1.13. The van der Waals surface area contributed by atoms with Crippen molar-refractivity contribution < 1.29 is 14.3 Å². The van der Waals surface area contributed by atoms with Gasteiger partial charge in [0.1, 0.15) is 0 Å². The third-order valence-electron chi connectivity index (χ3n) is 7.79. The van der Waals surface area contributed by atoms with E-state index in [2.05, 4.69) is 39.0 Å². The number of likely N-dealkylation sites (N-methyl/N-ethyl adjacent to an activating group) is 1. The highest BCUT2D eigenvalue weighted by Gasteiger charge is 2.24. The highest BCUT2D eigenvalue weighted by molar-refractivity contribution is 5.94. The number of aromatic amines is 1. The third-order valence-corrected chi connectivity index (χ3v) is 7.79. The molecule has 0 radical (unpaired) electrons. The van der Waals surface area contributed by atoms with Crippen LogP contribution in [0.2, 0.25) is 0 Å². The molecule has 1 saturated heterocycles. The van der Waals surface area contributed by atoms with E-state index in [1.807, 2.05) is 60.5 Å². The largest absolute Gasteiger partial charge is 0.454 e. The molecule has 1 aromatic heterocycles. The Morgan fingerprint density at radius 3 is 2.67 bits per heavy atom. The number of benzene rings is 3. The number of para-hydroxylation sites is 2. The number of rotatable bonds is 8. The fraction of sp³-hybridized carbons (Fsp3) is 0.355. The lowest BCUT2D eigenvalue weighted by atomic mass is 9.94. The first kappa shape index (κ1) is 25.2. The average Bonchev–Trinajstić information content (AvgIpc) is 3.56. The van der Waals surface area contributed by atoms with Crippen molar-refractivity contribution >= 4 is 22.9 Å². The minimum absolute atomic E-state index is 0.0394. The Morgan fingerprint density at radius 1 is 0.974 bits per heavy atom. The molecule has 1 fully saturated rings. The van der Waals surface area contributed by atoms with Crippen LogP contribution in [-0.4, -0.2) is 78.8 Å². The van der Waals surface area contributed by atoms with Gasteiger partial charge in [-0.1, -0.05) is 36.4 Å². The van der Waals surface area contributed by atoms with E-state index in [4.69, 9.17) is 14.5 Å². The molecule has 3 heterocycles. The summed E-state index contributed by atoms with van der Waals surface area (Å²) < 4.78 is 11.2. The second-order valence-electron chi connectivity index (χ2n) is 10.4. The number of imidazole rings is 1. The first-order valence-corrected chi connectivity index (χ1v) is 13.8. The molecule has 1 N–H and O–H groups in total. The molecule has 6 rings (SSSR count). The zero-order valence-electron chi connectivity index (χ0n) is 22.4. The Kier molecular flexibility index (Phi) is 7.36. The molecule has 8 nitrogen and oxygen atoms in total. The average molecular weight is 526 g/mol. The molecule has 3 aromatic carbocycles. The van der Waals surface area contributed by atoms with Gasteiger partial charge >= 0.3 is 0 Å². The summed E-state index contributed by atoms with van der Waals surface area (Å²) in [5.41, 5.74) is 3.97. The SMILES string of the molecule is CN(CC(CCN1CCCN(c2nc3ccccc3[nH]2)CC1)c1ccc2c(c1)OCO2)C(=O)c1ccccc1. The molecular weight excluding hydrogens is 490 g/mol. The standard InChI is InChI=1S/C31H35N5O3/c1-34(30(37)23-8-3-2-4-9-23)21-25(24-12-13-28-29(20-24)39-22-38-28)14-17-35-15-7-16-36(19-18-35)31-32-26-10-5-6-11-27(26)33-31/h2-6,8-13,20,25H,7,14-19,21-22H2,1H3,(H,32,33). The molecule has 1 atom stereocenters. The molecule has 202 valence electrons. The summed E-state index contributed by atoms with van der Waals surface area (Å²) in [7, 11) is 1.90. The molecule has 0 spiro atoms. The molecule has 2 aliphatic rings. The van der Waals surface area contributed by atoms with Gasteiger partial charge in [-0.15, -0.1) is 0 Å². The molecule has 39 heavy (non-hydrogen) atoms. The van der Waals surface area contributed by atoms with Gasteiger partial charge in [-0.2, -0.15) is 0 Å². The van der Waals surface area contributed by atoms with Gasteiger partial charge in [-0.05, 0) is 67.9 Å². The number of H-pyrrole nitrogens is 1. The van der Waals surface area contributed by atoms with Gasteiger partial charge < -0.3 is 29.2 Å². The van der Waals surface area contributed by atoms with E-state index in [0.717, 1.165) is 74.0 Å². The van der Waals surface area contributed by atoms with Gasteiger partial charge in [0, 0.05) is 44.7 Å². The minimum atomic E-state index is 0.0394. The molecule has 0 saturated carbocycles. The number of aromatic nitrogens is 2. The van der Waals surface area contributed by atoms with Crippen molar-refractivity contribution in [1.29, 1.82) is 0 Å². The summed E-state index contributed by atoms with van der Waals surface area (Å²) in [4.78, 5) is 28.2. The summed E-state index contributed by atoms with van der Waals surface area (Å²) in [6.45, 7) is 5.78. The molecule has 1 amide bonds. The van der Waals surface area contributed by atoms with Gasteiger partial charge in [-0.3, -0.25) is 4.79 Å². The summed E-state index contributed by atoms with van der Waals surface area (Å²) in [6, 6.07) is 23.9. The number of fused-ring (bicyclic) bond motifs is 2. The Labute approximate surface area is 229 Å². The zero-order chi connectivity index (χ0) is 26.6. The van der Waals surface area contributed by atoms with E-state index in [9.17, 15) is 4.79 Å². The van der Waals surface area contributed by atoms with Crippen molar-refractivity contribution in [3.05, 3.63) is 83.9 Å². The summed E-state index contributed by atoms with van der Waals surface area (Å²) >= 11 is 0. The maximum absolute atomic E-state index is 13.1. The van der Waals surface area contributed by atoms with Crippen molar-refractivity contribution in [2.45, 2.75) is 18.8 Å². The number of hydrogen-bond acceptors (Lipinski definition) is 6. The first-order valence-electron chi connectivity index (χ1n) is 13.8. The van der Waals surface area contributed by atoms with Crippen molar-refractivity contribution in [3.63, 3.8) is 0 Å². The van der Waals surface area contributed by atoms with E-state index in [1.54, 1.807) is 0 Å². The fourth-order valence-corrected chi connectivity index (χ4v) is 5.58. The van der Waals surface area contributed by atoms with Crippen molar-refractivity contribution in [2.75, 3.05) is 58.0 Å². The smallest absolute Gasteiger partial charge is 0.253 e. The van der Waals surface area contributed by atoms with E-state index >= 15 is 0 Å². The molecule has 1 unspecified atom stereocenters. The van der Waals surface area contributed by atoms with Crippen LogP contribution < -0.4 is 14.4 Å². The Morgan fingerprint density at radius 2 is 1.79 bits per heavy atom. The number of carbonyl (C=O) groups excluding carboxylic acids is 1. The van der Waals surface area contributed by atoms with Crippen LogP contribution in [0.15, 0.2) is 72.8 Å². The molecule has 0 aliphatic carbocycles. The second-order valence-corrected chi connectivity index (χ2v) is 10.4. The molecule has 2 aliphatic heterocycles. The van der Waals surface area contributed by atoms with E-state index in [-0.39, 0.29) is 18.6 Å². The second kappa shape index (κ2) is 11.4. The van der Waals surface area contributed by atoms with Crippen LogP contribution in [0.3, 0.4) is 0 Å². The number of nitrogens with zero attached hydrogens (tertiary/aromatic N) is 4. The van der Waals surface area contributed by atoms with Crippen molar-refractivity contribution in [1.82, 2.24) is 19.8 Å². The molecule has 0 bridgehead atoms. The van der Waals surface area contributed by atoms with Gasteiger partial charge in [0.25, 0.3) is 5.91 Å². The number of nitrogens with one attached hydrogen (secondary N) is 1.